The Balaban J connectivity index is 1.55. The number of nitrogens with zero attached hydrogens (tertiary/aromatic N) is 5. The highest BCUT2D eigenvalue weighted by Gasteiger charge is 2.13. The van der Waals surface area contributed by atoms with E-state index in [0.717, 1.165) is 37.4 Å². The van der Waals surface area contributed by atoms with Crippen LogP contribution in [-0.4, -0.2) is 43.2 Å². The molecule has 0 amide bonds. The maximum atomic E-state index is 5.41. The number of anilines is 2. The van der Waals surface area contributed by atoms with Crippen LogP contribution in [0.25, 0.3) is 22.6 Å². The second-order valence-corrected chi connectivity index (χ2v) is 5.67. The Morgan fingerprint density at radius 3 is 3.12 bits per heavy atom. The molecule has 0 spiro atoms. The van der Waals surface area contributed by atoms with Gasteiger partial charge in [-0.25, -0.2) is 9.97 Å². The Labute approximate surface area is 149 Å². The molecular formula is C17H19N7O2. The van der Waals surface area contributed by atoms with Gasteiger partial charge in [0.25, 0.3) is 0 Å². The van der Waals surface area contributed by atoms with Crippen molar-refractivity contribution < 1.29 is 9.15 Å². The first-order valence-corrected chi connectivity index (χ1v) is 8.45. The van der Waals surface area contributed by atoms with Crippen LogP contribution in [-0.2, 0) is 11.3 Å². The Morgan fingerprint density at radius 1 is 1.31 bits per heavy atom. The van der Waals surface area contributed by atoms with Gasteiger partial charge in [-0.15, -0.1) is 0 Å². The topological polar surface area (TPSA) is 107 Å². The summed E-state index contributed by atoms with van der Waals surface area (Å²) in [6.07, 6.45) is 7.86. The van der Waals surface area contributed by atoms with Crippen LogP contribution in [0.2, 0.25) is 0 Å². The van der Waals surface area contributed by atoms with Crippen LogP contribution < -0.4 is 5.32 Å². The fourth-order valence-corrected chi connectivity index (χ4v) is 2.61. The number of H-pyrrole nitrogens is 1. The van der Waals surface area contributed by atoms with E-state index in [0.29, 0.717) is 22.9 Å². The smallest absolute Gasteiger partial charge is 0.198 e. The van der Waals surface area contributed by atoms with Crippen molar-refractivity contribution >= 4 is 22.5 Å². The van der Waals surface area contributed by atoms with Gasteiger partial charge in [0.1, 0.15) is 11.0 Å². The summed E-state index contributed by atoms with van der Waals surface area (Å²) >= 11 is 0. The van der Waals surface area contributed by atoms with E-state index in [1.54, 1.807) is 24.7 Å². The third-order valence-corrected chi connectivity index (χ3v) is 3.82. The summed E-state index contributed by atoms with van der Waals surface area (Å²) in [5, 5.41) is 14.6. The number of ether oxygens (including phenoxy) is 1. The molecule has 0 aromatic carbocycles. The van der Waals surface area contributed by atoms with Crippen LogP contribution in [0.5, 0.6) is 0 Å². The van der Waals surface area contributed by atoms with Crippen molar-refractivity contribution in [2.75, 3.05) is 18.5 Å². The normalized spacial score (nSPS) is 11.3. The van der Waals surface area contributed by atoms with Gasteiger partial charge in [0, 0.05) is 26.0 Å². The molecule has 9 nitrogen and oxygen atoms in total. The maximum Gasteiger partial charge on any atom is 0.198 e. The van der Waals surface area contributed by atoms with Crippen LogP contribution in [0.15, 0.2) is 41.4 Å². The first kappa shape index (κ1) is 16.3. The lowest BCUT2D eigenvalue weighted by atomic mass is 10.3. The summed E-state index contributed by atoms with van der Waals surface area (Å²) in [6.45, 7) is 4.25. The average molecular weight is 353 g/mol. The van der Waals surface area contributed by atoms with E-state index in [1.165, 1.54) is 0 Å². The highest BCUT2D eigenvalue weighted by atomic mass is 16.5. The molecular weight excluding hydrogens is 334 g/mol. The number of hydrogen-bond donors (Lipinski definition) is 2. The molecule has 0 bridgehead atoms. The summed E-state index contributed by atoms with van der Waals surface area (Å²) in [5.41, 5.74) is 2.27. The zero-order chi connectivity index (χ0) is 17.8. The Morgan fingerprint density at radius 2 is 2.27 bits per heavy atom. The Bertz CT molecular complexity index is 974. The molecule has 0 atom stereocenters. The number of nitrogens with one attached hydrogen (secondary N) is 2. The minimum atomic E-state index is 0.496. The Kier molecular flexibility index (Phi) is 4.61. The molecule has 0 aliphatic heterocycles. The van der Waals surface area contributed by atoms with Gasteiger partial charge < -0.3 is 14.5 Å². The molecule has 9 heteroatoms. The summed E-state index contributed by atoms with van der Waals surface area (Å²) in [6, 6.07) is 3.62. The van der Waals surface area contributed by atoms with E-state index in [9.17, 15) is 0 Å². The number of rotatable bonds is 8. The molecule has 134 valence electrons. The van der Waals surface area contributed by atoms with E-state index in [2.05, 4.69) is 30.6 Å². The molecule has 0 saturated heterocycles. The number of fused-ring (bicyclic) bond motifs is 1. The minimum absolute atomic E-state index is 0.496. The van der Waals surface area contributed by atoms with Crippen molar-refractivity contribution in [2.24, 2.45) is 0 Å². The highest BCUT2D eigenvalue weighted by Crippen LogP contribution is 2.25. The zero-order valence-corrected chi connectivity index (χ0v) is 14.3. The number of aromatic nitrogens is 6. The second-order valence-electron chi connectivity index (χ2n) is 5.67. The monoisotopic (exact) mass is 353 g/mol. The van der Waals surface area contributed by atoms with Crippen molar-refractivity contribution in [3.63, 3.8) is 0 Å². The molecule has 4 heterocycles. The minimum Gasteiger partial charge on any atom is -0.461 e. The van der Waals surface area contributed by atoms with Gasteiger partial charge in [-0.1, -0.05) is 0 Å². The number of furan rings is 1. The van der Waals surface area contributed by atoms with Crippen LogP contribution in [0.1, 0.15) is 13.3 Å². The summed E-state index contributed by atoms with van der Waals surface area (Å²) in [5.74, 6) is 1.71. The molecule has 0 unspecified atom stereocenters. The van der Waals surface area contributed by atoms with Gasteiger partial charge in [0.2, 0.25) is 0 Å². The van der Waals surface area contributed by atoms with E-state index >= 15 is 0 Å². The van der Waals surface area contributed by atoms with Gasteiger partial charge >= 0.3 is 0 Å². The van der Waals surface area contributed by atoms with E-state index < -0.39 is 0 Å². The molecule has 0 saturated carbocycles. The Hall–Kier alpha value is -3.20. The third-order valence-electron chi connectivity index (χ3n) is 3.82. The van der Waals surface area contributed by atoms with Gasteiger partial charge in [-0.3, -0.25) is 9.78 Å². The fourth-order valence-electron chi connectivity index (χ4n) is 2.61. The third kappa shape index (κ3) is 3.42. The van der Waals surface area contributed by atoms with E-state index in [4.69, 9.17) is 9.15 Å². The van der Waals surface area contributed by atoms with Crippen LogP contribution in [0.3, 0.4) is 0 Å². The first-order valence-electron chi connectivity index (χ1n) is 8.45. The van der Waals surface area contributed by atoms with E-state index in [-0.39, 0.29) is 0 Å². The molecule has 0 aliphatic carbocycles. The maximum absolute atomic E-state index is 5.41. The van der Waals surface area contributed by atoms with Gasteiger partial charge in [-0.2, -0.15) is 10.2 Å². The quantitative estimate of drug-likeness (QED) is 0.469. The van der Waals surface area contributed by atoms with Crippen LogP contribution in [0, 0.1) is 0 Å². The van der Waals surface area contributed by atoms with Gasteiger partial charge in [0.05, 0.1) is 24.3 Å². The summed E-state index contributed by atoms with van der Waals surface area (Å²) < 4.78 is 12.6. The second kappa shape index (κ2) is 7.36. The average Bonchev–Trinajstić information content (AvgIpc) is 3.39. The SMILES string of the molecule is CCOCCCn1cc(Nc2nc(-c3ccco3)nc3cn[nH]c23)cn1. The highest BCUT2D eigenvalue weighted by molar-refractivity contribution is 5.88. The van der Waals surface area contributed by atoms with Gasteiger partial charge in [0.15, 0.2) is 17.4 Å². The molecule has 0 radical (unpaired) electrons. The van der Waals surface area contributed by atoms with Crippen LogP contribution in [0.4, 0.5) is 11.5 Å². The van der Waals surface area contributed by atoms with Crippen molar-refractivity contribution in [3.05, 3.63) is 37.0 Å². The lowest BCUT2D eigenvalue weighted by molar-refractivity contribution is 0.141. The number of aryl methyl sites for hydroxylation is 1. The van der Waals surface area contributed by atoms with E-state index in [1.807, 2.05) is 23.9 Å². The molecule has 0 aliphatic rings. The molecule has 4 aromatic heterocycles. The lowest BCUT2D eigenvalue weighted by Crippen LogP contribution is -2.03. The van der Waals surface area contributed by atoms with Crippen molar-refractivity contribution in [1.82, 2.24) is 29.9 Å². The molecule has 26 heavy (non-hydrogen) atoms. The predicted molar refractivity (Wildman–Crippen MR) is 96.0 cm³/mol. The predicted octanol–water partition coefficient (Wildman–Crippen LogP) is 2.98. The number of hydrogen-bond acceptors (Lipinski definition) is 7. The molecule has 4 aromatic rings. The molecule has 0 fully saturated rings. The molecule has 2 N–H and O–H groups in total. The first-order chi connectivity index (χ1) is 12.8. The van der Waals surface area contributed by atoms with Crippen LogP contribution >= 0.6 is 0 Å². The largest absolute Gasteiger partial charge is 0.461 e. The fraction of sp³-hybridized carbons (Fsp3) is 0.294. The summed E-state index contributed by atoms with van der Waals surface area (Å²) in [7, 11) is 0. The van der Waals surface area contributed by atoms with Crippen molar-refractivity contribution in [3.8, 4) is 11.6 Å². The standard InChI is InChI=1S/C17H19N7O2/c1-2-25-7-4-6-24-11-12(9-19-24)20-17-15-13(10-18-23-15)21-16(22-17)14-5-3-8-26-14/h3,5,8-11H,2,4,6-7H2,1H3,(H,18,23)(H,20,21,22). The zero-order valence-electron chi connectivity index (χ0n) is 14.3. The van der Waals surface area contributed by atoms with Crippen molar-refractivity contribution in [1.29, 1.82) is 0 Å². The van der Waals surface area contributed by atoms with Crippen molar-refractivity contribution in [2.45, 2.75) is 19.9 Å². The number of aromatic amines is 1. The summed E-state index contributed by atoms with van der Waals surface area (Å²) in [4.78, 5) is 9.03. The molecule has 4 rings (SSSR count). The van der Waals surface area contributed by atoms with Gasteiger partial charge in [-0.05, 0) is 25.5 Å². The lowest BCUT2D eigenvalue weighted by Gasteiger charge is -2.05.